The van der Waals surface area contributed by atoms with Crippen LogP contribution in [0.5, 0.6) is 0 Å². The molecule has 1 aromatic heterocycles. The Hall–Kier alpha value is -1.34. The third kappa shape index (κ3) is 5.72. The van der Waals surface area contributed by atoms with E-state index in [1.54, 1.807) is 6.07 Å². The summed E-state index contributed by atoms with van der Waals surface area (Å²) in [6, 6.07) is 7.32. The molecule has 1 aliphatic heterocycles. The van der Waals surface area contributed by atoms with Crippen molar-refractivity contribution in [3.05, 3.63) is 34.9 Å². The van der Waals surface area contributed by atoms with Crippen LogP contribution in [0, 0.1) is 11.8 Å². The maximum absolute atomic E-state index is 12.9. The third-order valence-corrected chi connectivity index (χ3v) is 6.78. The fourth-order valence-electron chi connectivity index (χ4n) is 4.63. The Morgan fingerprint density at radius 3 is 2.45 bits per heavy atom. The zero-order valence-electron chi connectivity index (χ0n) is 18.0. The van der Waals surface area contributed by atoms with Gasteiger partial charge in [-0.2, -0.15) is 0 Å². The Kier molecular flexibility index (Phi) is 8.62. The van der Waals surface area contributed by atoms with Crippen molar-refractivity contribution in [3.63, 3.8) is 0 Å². The van der Waals surface area contributed by atoms with Crippen LogP contribution in [0.1, 0.15) is 55.3 Å². The van der Waals surface area contributed by atoms with Crippen LogP contribution in [0.2, 0.25) is 5.02 Å². The number of benzene rings is 1. The molecule has 1 N–H and O–H groups in total. The smallest absolute Gasteiger partial charge is 0.550 e. The van der Waals surface area contributed by atoms with E-state index in [1.807, 2.05) is 18.2 Å². The zero-order valence-corrected chi connectivity index (χ0v) is 20.8. The Labute approximate surface area is 210 Å². The van der Waals surface area contributed by atoms with Gasteiger partial charge in [-0.3, -0.25) is 4.79 Å². The van der Waals surface area contributed by atoms with Crippen LogP contribution < -0.4 is 44.9 Å². The standard InChI is InChI=1S/C23H28ClN3O3.Na/c24-18-7-8-19-17(21(18)22(28)25-14-15-4-2-1-3-5-15)6-9-20(26-19)27-12-10-16(11-13-27)23(29)30;/h6-9,15-16H,1-5,10-14H2,(H,25,28)(H,29,30);/q;+1/p-1. The molecule has 0 atom stereocenters. The zero-order chi connectivity index (χ0) is 21.1. The molecule has 1 saturated heterocycles. The number of aromatic nitrogens is 1. The number of carbonyl (C=O) groups excluding carboxylic acids is 2. The average Bonchev–Trinajstić information content (AvgIpc) is 2.78. The summed E-state index contributed by atoms with van der Waals surface area (Å²) in [5.74, 6) is -0.180. The first kappa shape index (κ1) is 24.3. The van der Waals surface area contributed by atoms with Crippen molar-refractivity contribution in [2.75, 3.05) is 24.5 Å². The number of fused-ring (bicyclic) bond motifs is 1. The van der Waals surface area contributed by atoms with Crippen LogP contribution in [0.4, 0.5) is 5.82 Å². The molecule has 2 fully saturated rings. The molecule has 2 aliphatic rings. The van der Waals surface area contributed by atoms with Crippen LogP contribution in [-0.4, -0.2) is 36.5 Å². The Bertz CT molecular complexity index is 941. The number of hydrogen-bond acceptors (Lipinski definition) is 5. The second-order valence-electron chi connectivity index (χ2n) is 8.45. The van der Waals surface area contributed by atoms with Crippen molar-refractivity contribution in [3.8, 4) is 0 Å². The van der Waals surface area contributed by atoms with Crippen molar-refractivity contribution in [2.24, 2.45) is 11.8 Å². The normalized spacial score (nSPS) is 17.9. The van der Waals surface area contributed by atoms with Gasteiger partial charge in [-0.05, 0) is 55.9 Å². The second-order valence-corrected chi connectivity index (χ2v) is 8.86. The molecule has 4 rings (SSSR count). The summed E-state index contributed by atoms with van der Waals surface area (Å²) in [4.78, 5) is 30.8. The van der Waals surface area contributed by atoms with Gasteiger partial charge in [-0.1, -0.05) is 30.9 Å². The first-order valence-corrected chi connectivity index (χ1v) is 11.2. The summed E-state index contributed by atoms with van der Waals surface area (Å²) in [6.07, 6.45) is 7.21. The quantitative estimate of drug-likeness (QED) is 0.655. The van der Waals surface area contributed by atoms with Gasteiger partial charge >= 0.3 is 29.6 Å². The summed E-state index contributed by atoms with van der Waals surface area (Å²) >= 11 is 6.39. The van der Waals surface area contributed by atoms with Gasteiger partial charge in [-0.25, -0.2) is 4.98 Å². The summed E-state index contributed by atoms with van der Waals surface area (Å²) in [7, 11) is 0. The molecule has 0 spiro atoms. The van der Waals surface area contributed by atoms with Crippen molar-refractivity contribution < 1.29 is 44.3 Å². The van der Waals surface area contributed by atoms with E-state index < -0.39 is 5.97 Å². The molecule has 1 amide bonds. The molecule has 0 radical (unpaired) electrons. The van der Waals surface area contributed by atoms with Gasteiger partial charge in [-0.15, -0.1) is 0 Å². The first-order valence-electron chi connectivity index (χ1n) is 10.9. The number of piperidine rings is 1. The summed E-state index contributed by atoms with van der Waals surface area (Å²) < 4.78 is 0. The fraction of sp³-hybridized carbons (Fsp3) is 0.522. The van der Waals surface area contributed by atoms with Crippen LogP contribution in [0.25, 0.3) is 10.9 Å². The Morgan fingerprint density at radius 2 is 1.77 bits per heavy atom. The third-order valence-electron chi connectivity index (χ3n) is 6.46. The molecule has 8 heteroatoms. The average molecular weight is 452 g/mol. The number of nitrogens with zero attached hydrogens (tertiary/aromatic N) is 2. The van der Waals surface area contributed by atoms with Crippen molar-refractivity contribution in [2.45, 2.75) is 44.9 Å². The minimum atomic E-state index is -0.973. The number of anilines is 1. The monoisotopic (exact) mass is 451 g/mol. The van der Waals surface area contributed by atoms with E-state index >= 15 is 0 Å². The predicted octanol–water partition coefficient (Wildman–Crippen LogP) is 0.169. The summed E-state index contributed by atoms with van der Waals surface area (Å²) in [5.41, 5.74) is 1.18. The van der Waals surface area contributed by atoms with Crippen molar-refractivity contribution in [1.82, 2.24) is 10.3 Å². The largest absolute Gasteiger partial charge is 1.00 e. The van der Waals surface area contributed by atoms with Crippen LogP contribution >= 0.6 is 11.6 Å². The van der Waals surface area contributed by atoms with Gasteiger partial charge in [0.1, 0.15) is 5.82 Å². The maximum atomic E-state index is 12.9. The van der Waals surface area contributed by atoms with E-state index in [9.17, 15) is 14.7 Å². The van der Waals surface area contributed by atoms with Gasteiger partial charge in [0.05, 0.1) is 16.1 Å². The fourth-order valence-corrected chi connectivity index (χ4v) is 4.89. The Balaban J connectivity index is 0.00000272. The van der Waals surface area contributed by atoms with Crippen LogP contribution in [0.3, 0.4) is 0 Å². The number of rotatable bonds is 5. The molecule has 1 aliphatic carbocycles. The SMILES string of the molecule is O=C(NCC1CCCCC1)c1c(Cl)ccc2nc(N3CCC(C(=O)[O-])CC3)ccc12.[Na+]. The number of carboxylic acids is 1. The number of aliphatic carboxylic acids is 1. The molecule has 0 unspecified atom stereocenters. The van der Waals surface area contributed by atoms with E-state index in [0.29, 0.717) is 54.5 Å². The van der Waals surface area contributed by atoms with E-state index in [2.05, 4.69) is 10.2 Å². The molecule has 31 heavy (non-hydrogen) atoms. The van der Waals surface area contributed by atoms with Gasteiger partial charge < -0.3 is 20.1 Å². The molecule has 1 saturated carbocycles. The van der Waals surface area contributed by atoms with Crippen molar-refractivity contribution in [1.29, 1.82) is 0 Å². The second kappa shape index (κ2) is 11.0. The van der Waals surface area contributed by atoms with Gasteiger partial charge in [0.2, 0.25) is 0 Å². The maximum Gasteiger partial charge on any atom is 1.00 e. The van der Waals surface area contributed by atoms with Gasteiger partial charge in [0, 0.05) is 36.9 Å². The minimum Gasteiger partial charge on any atom is -0.550 e. The molecule has 0 bridgehead atoms. The first-order chi connectivity index (χ1) is 14.5. The topological polar surface area (TPSA) is 85.4 Å². The number of amides is 1. The molecular formula is C23H27ClN3NaO3. The Morgan fingerprint density at radius 1 is 1.06 bits per heavy atom. The van der Waals surface area contributed by atoms with E-state index in [-0.39, 0.29) is 41.4 Å². The number of pyridine rings is 1. The molecule has 6 nitrogen and oxygen atoms in total. The van der Waals surface area contributed by atoms with E-state index in [1.165, 1.54) is 32.1 Å². The number of carbonyl (C=O) groups is 2. The van der Waals surface area contributed by atoms with E-state index in [4.69, 9.17) is 16.6 Å². The van der Waals surface area contributed by atoms with Gasteiger partial charge in [0.15, 0.2) is 0 Å². The molecular weight excluding hydrogens is 425 g/mol. The molecule has 2 heterocycles. The van der Waals surface area contributed by atoms with Crippen LogP contribution in [-0.2, 0) is 4.79 Å². The van der Waals surface area contributed by atoms with Crippen molar-refractivity contribution >= 4 is 40.2 Å². The summed E-state index contributed by atoms with van der Waals surface area (Å²) in [6.45, 7) is 1.93. The van der Waals surface area contributed by atoms with Gasteiger partial charge in [0.25, 0.3) is 5.91 Å². The number of hydrogen-bond donors (Lipinski definition) is 1. The van der Waals surface area contributed by atoms with Crippen LogP contribution in [0.15, 0.2) is 24.3 Å². The minimum absolute atomic E-state index is 0. The predicted molar refractivity (Wildman–Crippen MR) is 116 cm³/mol. The molecule has 2 aromatic rings. The molecule has 1 aromatic carbocycles. The number of carboxylic acid groups (broad SMARTS) is 1. The number of halogens is 1. The summed E-state index contributed by atoms with van der Waals surface area (Å²) in [5, 5.41) is 15.3. The number of nitrogens with one attached hydrogen (secondary N) is 1. The molecule has 160 valence electrons. The van der Waals surface area contributed by atoms with E-state index in [0.717, 1.165) is 11.2 Å².